The highest BCUT2D eigenvalue weighted by molar-refractivity contribution is 7.98. The quantitative estimate of drug-likeness (QED) is 0.375. The van der Waals surface area contributed by atoms with Crippen molar-refractivity contribution >= 4 is 36.6 Å². The van der Waals surface area contributed by atoms with Gasteiger partial charge in [-0.05, 0) is 6.26 Å². The Labute approximate surface area is 145 Å². The Morgan fingerprint density at radius 1 is 1.44 bits per heavy atom. The van der Waals surface area contributed by atoms with Gasteiger partial charge in [-0.2, -0.15) is 11.8 Å². The third kappa shape index (κ3) is 3.13. The normalized spacial score (nSPS) is 30.2. The Balaban J connectivity index is 2.18. The van der Waals surface area contributed by atoms with E-state index >= 15 is 0 Å². The minimum atomic E-state index is -5.15. The number of phosphoric ester groups is 1. The number of ether oxygens (including phenoxy) is 1. The predicted molar refractivity (Wildman–Crippen MR) is 86.1 cm³/mol. The molecule has 0 unspecified atom stereocenters. The molecular formula is C11H16N5O7PS. The van der Waals surface area contributed by atoms with Crippen LogP contribution in [0, 0.1) is 0 Å². The van der Waals surface area contributed by atoms with Crippen LogP contribution in [0.4, 0.5) is 5.82 Å². The SMILES string of the molecule is CSC[C@H]1O[C@@](OP(=O)(O)O)(n2cnc3c(N)ncnc32)[C@H](O)[C@@H]1O. The molecule has 138 valence electrons. The van der Waals surface area contributed by atoms with E-state index in [1.807, 2.05) is 0 Å². The fourth-order valence-corrected chi connectivity index (χ4v) is 3.82. The highest BCUT2D eigenvalue weighted by Crippen LogP contribution is 2.50. The van der Waals surface area contributed by atoms with Gasteiger partial charge in [-0.3, -0.25) is 4.57 Å². The number of anilines is 1. The molecule has 0 saturated carbocycles. The molecule has 1 aliphatic heterocycles. The molecule has 2 aromatic heterocycles. The zero-order valence-corrected chi connectivity index (χ0v) is 14.5. The second-order valence-corrected chi connectivity index (χ2v) is 7.38. The Morgan fingerprint density at radius 2 is 2.16 bits per heavy atom. The van der Waals surface area contributed by atoms with Crippen LogP contribution in [-0.2, 0) is 19.7 Å². The smallest absolute Gasteiger partial charge is 0.387 e. The summed E-state index contributed by atoms with van der Waals surface area (Å²) < 4.78 is 22.8. The third-order valence-corrected chi connectivity index (χ3v) is 4.84. The van der Waals surface area contributed by atoms with Crippen LogP contribution >= 0.6 is 19.6 Å². The number of nitrogen functional groups attached to an aromatic ring is 1. The van der Waals surface area contributed by atoms with Crippen molar-refractivity contribution in [3.05, 3.63) is 12.7 Å². The van der Waals surface area contributed by atoms with Crippen molar-refractivity contribution in [2.24, 2.45) is 0 Å². The average molecular weight is 393 g/mol. The second kappa shape index (κ2) is 6.45. The number of aromatic nitrogens is 4. The summed E-state index contributed by atoms with van der Waals surface area (Å²) in [5, 5.41) is 20.7. The molecule has 3 rings (SSSR count). The lowest BCUT2D eigenvalue weighted by Crippen LogP contribution is -2.47. The molecule has 0 aromatic carbocycles. The number of phosphoric acid groups is 1. The molecule has 1 fully saturated rings. The number of hydrogen-bond acceptors (Lipinski definition) is 10. The molecule has 3 heterocycles. The topological polar surface area (TPSA) is 186 Å². The lowest BCUT2D eigenvalue weighted by molar-refractivity contribution is -0.270. The van der Waals surface area contributed by atoms with E-state index in [9.17, 15) is 24.6 Å². The van der Waals surface area contributed by atoms with Crippen LogP contribution in [0.3, 0.4) is 0 Å². The van der Waals surface area contributed by atoms with E-state index in [1.54, 1.807) is 6.26 Å². The van der Waals surface area contributed by atoms with Gasteiger partial charge >= 0.3 is 7.82 Å². The van der Waals surface area contributed by atoms with Gasteiger partial charge in [0.05, 0.1) is 0 Å². The summed E-state index contributed by atoms with van der Waals surface area (Å²) in [7, 11) is -5.15. The maximum absolute atomic E-state index is 11.5. The monoisotopic (exact) mass is 393 g/mol. The van der Waals surface area contributed by atoms with Crippen molar-refractivity contribution in [1.82, 2.24) is 19.5 Å². The molecule has 25 heavy (non-hydrogen) atoms. The molecule has 12 nitrogen and oxygen atoms in total. The standard InChI is InChI=1S/C11H16N5O7PS/c1-25-2-5-7(17)8(18)11(22-5,23-24(19,20)21)16-4-15-6-9(12)13-3-14-10(6)16/h3-5,7-8,17-18H,2H2,1H3,(H2,12,13,14)(H2,19,20,21)/t5-,7-,8-,11+/m1/s1. The molecule has 0 radical (unpaired) electrons. The number of imidazole rings is 1. The van der Waals surface area contributed by atoms with Crippen LogP contribution in [0.1, 0.15) is 0 Å². The second-order valence-electron chi connectivity index (χ2n) is 5.31. The minimum Gasteiger partial charge on any atom is -0.387 e. The first-order valence-corrected chi connectivity index (χ1v) is 9.85. The summed E-state index contributed by atoms with van der Waals surface area (Å²) in [4.78, 5) is 30.3. The van der Waals surface area contributed by atoms with Crippen molar-refractivity contribution in [1.29, 1.82) is 0 Å². The number of hydrogen-bond donors (Lipinski definition) is 5. The van der Waals surface area contributed by atoms with E-state index in [2.05, 4.69) is 15.0 Å². The van der Waals surface area contributed by atoms with E-state index in [1.165, 1.54) is 11.8 Å². The fourth-order valence-electron chi connectivity index (χ4n) is 2.64. The van der Waals surface area contributed by atoms with Gasteiger partial charge < -0.3 is 30.5 Å². The maximum atomic E-state index is 11.5. The lowest BCUT2D eigenvalue weighted by atomic mass is 10.1. The number of rotatable bonds is 5. The van der Waals surface area contributed by atoms with Gasteiger partial charge in [-0.1, -0.05) is 0 Å². The molecular weight excluding hydrogens is 377 g/mol. The highest BCUT2D eigenvalue weighted by Gasteiger charge is 2.60. The van der Waals surface area contributed by atoms with E-state index in [-0.39, 0.29) is 22.7 Å². The Hall–Kier alpha value is -1.31. The number of aliphatic hydroxyl groups excluding tert-OH is 2. The van der Waals surface area contributed by atoms with Gasteiger partial charge in [0.2, 0.25) is 0 Å². The molecule has 2 aromatic rings. The first-order chi connectivity index (χ1) is 11.7. The first-order valence-electron chi connectivity index (χ1n) is 6.93. The Kier molecular flexibility index (Phi) is 4.77. The lowest BCUT2D eigenvalue weighted by Gasteiger charge is -2.32. The van der Waals surface area contributed by atoms with Crippen LogP contribution in [-0.4, -0.2) is 69.8 Å². The van der Waals surface area contributed by atoms with Gasteiger partial charge in [0, 0.05) is 5.75 Å². The Morgan fingerprint density at radius 3 is 2.80 bits per heavy atom. The molecule has 1 aliphatic rings. The summed E-state index contributed by atoms with van der Waals surface area (Å²) in [5.74, 6) is -2.17. The van der Waals surface area contributed by atoms with E-state index in [4.69, 9.17) is 15.0 Å². The van der Waals surface area contributed by atoms with Gasteiger partial charge in [0.25, 0.3) is 5.91 Å². The largest absolute Gasteiger partial charge is 0.473 e. The summed E-state index contributed by atoms with van der Waals surface area (Å²) in [6.07, 6.45) is -0.303. The summed E-state index contributed by atoms with van der Waals surface area (Å²) in [5.41, 5.74) is 5.83. The van der Waals surface area contributed by atoms with E-state index in [0.29, 0.717) is 0 Å². The third-order valence-electron chi connectivity index (χ3n) is 3.68. The van der Waals surface area contributed by atoms with Crippen molar-refractivity contribution in [3.63, 3.8) is 0 Å². The number of fused-ring (bicyclic) bond motifs is 1. The molecule has 0 spiro atoms. The molecule has 1 saturated heterocycles. The van der Waals surface area contributed by atoms with Gasteiger partial charge in [-0.15, -0.1) is 0 Å². The van der Waals surface area contributed by atoms with Crippen LogP contribution in [0.15, 0.2) is 12.7 Å². The van der Waals surface area contributed by atoms with Crippen LogP contribution < -0.4 is 5.73 Å². The maximum Gasteiger partial charge on any atom is 0.473 e. The molecule has 6 N–H and O–H groups in total. The summed E-state index contributed by atoms with van der Waals surface area (Å²) in [6.45, 7) is 0. The molecule has 4 atom stereocenters. The molecule has 0 amide bonds. The molecule has 0 bridgehead atoms. The van der Waals surface area contributed by atoms with Crippen LogP contribution in [0.5, 0.6) is 0 Å². The number of nitrogens with zero attached hydrogens (tertiary/aromatic N) is 4. The van der Waals surface area contributed by atoms with Crippen molar-refractivity contribution in [3.8, 4) is 0 Å². The van der Waals surface area contributed by atoms with Crippen molar-refractivity contribution < 1.29 is 33.8 Å². The summed E-state index contributed by atoms with van der Waals surface area (Å²) >= 11 is 1.31. The molecule has 0 aliphatic carbocycles. The average Bonchev–Trinajstić information content (AvgIpc) is 3.04. The first kappa shape index (κ1) is 18.5. The van der Waals surface area contributed by atoms with Crippen molar-refractivity contribution in [2.75, 3.05) is 17.7 Å². The van der Waals surface area contributed by atoms with Crippen LogP contribution in [0.25, 0.3) is 11.2 Å². The predicted octanol–water partition coefficient (Wildman–Crippen LogP) is -1.39. The zero-order chi connectivity index (χ0) is 18.4. The van der Waals surface area contributed by atoms with Gasteiger partial charge in [-0.25, -0.2) is 24.0 Å². The number of aliphatic hydroxyl groups is 2. The van der Waals surface area contributed by atoms with Gasteiger partial charge in [0.15, 0.2) is 17.6 Å². The van der Waals surface area contributed by atoms with Crippen LogP contribution in [0.2, 0.25) is 0 Å². The van der Waals surface area contributed by atoms with Crippen molar-refractivity contribution in [2.45, 2.75) is 24.2 Å². The molecule has 14 heteroatoms. The van der Waals surface area contributed by atoms with E-state index in [0.717, 1.165) is 17.2 Å². The fraction of sp³-hybridized carbons (Fsp3) is 0.545. The Bertz CT molecular complexity index is 830. The minimum absolute atomic E-state index is 0.0111. The van der Waals surface area contributed by atoms with Gasteiger partial charge in [0.1, 0.15) is 30.4 Å². The zero-order valence-electron chi connectivity index (χ0n) is 12.8. The highest BCUT2D eigenvalue weighted by atomic mass is 32.2. The number of thioether (sulfide) groups is 1. The van der Waals surface area contributed by atoms with E-state index < -0.39 is 32.0 Å². The summed E-state index contributed by atoms with van der Waals surface area (Å²) in [6, 6.07) is 0. The number of nitrogens with two attached hydrogens (primary N) is 1.